The molecule has 23 heavy (non-hydrogen) atoms. The molecule has 0 bridgehead atoms. The molecule has 0 amide bonds. The Morgan fingerprint density at radius 3 is 2.17 bits per heavy atom. The molecule has 0 aliphatic heterocycles. The second-order valence-corrected chi connectivity index (χ2v) is 5.03. The van der Waals surface area contributed by atoms with Gasteiger partial charge < -0.3 is 14.8 Å². The number of aromatic amines is 1. The van der Waals surface area contributed by atoms with Gasteiger partial charge in [-0.05, 0) is 26.8 Å². The van der Waals surface area contributed by atoms with Crippen LogP contribution in [0.15, 0.2) is 24.3 Å². The molecule has 1 aromatic carbocycles. The quantitative estimate of drug-likeness (QED) is 0.653. The number of carbonyl (C=O) groups is 3. The van der Waals surface area contributed by atoms with Crippen molar-refractivity contribution in [2.75, 3.05) is 6.61 Å². The number of benzene rings is 1. The number of H-pyrrole nitrogens is 1. The fourth-order valence-electron chi connectivity index (χ4n) is 2.54. The average molecular weight is 315 g/mol. The second-order valence-electron chi connectivity index (χ2n) is 5.03. The molecule has 0 saturated carbocycles. The maximum atomic E-state index is 12.8. The van der Waals surface area contributed by atoms with Gasteiger partial charge in [0, 0.05) is 17.0 Å². The second kappa shape index (κ2) is 6.48. The first kappa shape index (κ1) is 16.5. The maximum absolute atomic E-state index is 12.8. The minimum Gasteiger partial charge on any atom is -0.478 e. The van der Waals surface area contributed by atoms with Crippen molar-refractivity contribution in [3.63, 3.8) is 0 Å². The largest absolute Gasteiger partial charge is 0.478 e. The van der Waals surface area contributed by atoms with Gasteiger partial charge in [-0.1, -0.05) is 18.2 Å². The Bertz CT molecular complexity index is 788. The zero-order valence-corrected chi connectivity index (χ0v) is 13.1. The summed E-state index contributed by atoms with van der Waals surface area (Å²) in [5.74, 6) is -2.32. The molecule has 0 fully saturated rings. The van der Waals surface area contributed by atoms with E-state index in [0.717, 1.165) is 0 Å². The number of carboxylic acids is 1. The summed E-state index contributed by atoms with van der Waals surface area (Å²) >= 11 is 0. The van der Waals surface area contributed by atoms with Gasteiger partial charge in [0.1, 0.15) is 0 Å². The van der Waals surface area contributed by atoms with Crippen LogP contribution in [-0.4, -0.2) is 34.4 Å². The molecule has 0 radical (unpaired) electrons. The van der Waals surface area contributed by atoms with Crippen LogP contribution in [-0.2, 0) is 4.74 Å². The molecule has 0 aliphatic carbocycles. The highest BCUT2D eigenvalue weighted by Crippen LogP contribution is 2.24. The molecule has 1 heterocycles. The van der Waals surface area contributed by atoms with Gasteiger partial charge in [-0.3, -0.25) is 4.79 Å². The molecule has 120 valence electrons. The number of aromatic carboxylic acids is 1. The Kier molecular flexibility index (Phi) is 4.64. The molecule has 6 nitrogen and oxygen atoms in total. The van der Waals surface area contributed by atoms with E-state index >= 15 is 0 Å². The van der Waals surface area contributed by atoms with Gasteiger partial charge in [0.05, 0.1) is 23.3 Å². The van der Waals surface area contributed by atoms with E-state index in [1.54, 1.807) is 32.9 Å². The van der Waals surface area contributed by atoms with E-state index in [2.05, 4.69) is 4.98 Å². The molecule has 1 aromatic heterocycles. The number of carbonyl (C=O) groups excluding carboxylic acids is 2. The lowest BCUT2D eigenvalue weighted by Crippen LogP contribution is -2.15. The Balaban J connectivity index is 2.59. The Morgan fingerprint density at radius 1 is 1.04 bits per heavy atom. The fraction of sp³-hybridized carbons (Fsp3) is 0.235. The number of hydrogen-bond donors (Lipinski definition) is 2. The number of ether oxygens (including phenoxy) is 1. The zero-order valence-electron chi connectivity index (χ0n) is 13.1. The van der Waals surface area contributed by atoms with Crippen LogP contribution in [0.4, 0.5) is 0 Å². The molecule has 0 saturated heterocycles. The molecule has 0 atom stereocenters. The van der Waals surface area contributed by atoms with Crippen molar-refractivity contribution >= 4 is 17.7 Å². The molecule has 6 heteroatoms. The summed E-state index contributed by atoms with van der Waals surface area (Å²) in [7, 11) is 0. The first-order chi connectivity index (χ1) is 10.9. The SMILES string of the molecule is CCOC(=O)c1ccccc1C(=O)c1c(C)[nH]c(C)c1C(=O)O. The Morgan fingerprint density at radius 2 is 1.61 bits per heavy atom. The van der Waals surface area contributed by atoms with Gasteiger partial charge in [0.25, 0.3) is 0 Å². The summed E-state index contributed by atoms with van der Waals surface area (Å²) in [6, 6.07) is 6.21. The van der Waals surface area contributed by atoms with Crippen molar-refractivity contribution in [3.05, 3.63) is 57.9 Å². The van der Waals surface area contributed by atoms with Gasteiger partial charge in [0.15, 0.2) is 5.78 Å². The number of rotatable bonds is 5. The molecule has 2 aromatic rings. The van der Waals surface area contributed by atoms with Crippen molar-refractivity contribution in [1.82, 2.24) is 4.98 Å². The first-order valence-electron chi connectivity index (χ1n) is 7.11. The predicted octanol–water partition coefficient (Wildman–Crippen LogP) is 2.74. The van der Waals surface area contributed by atoms with Gasteiger partial charge in [-0.2, -0.15) is 0 Å². The Labute approximate surface area is 133 Å². The normalized spacial score (nSPS) is 10.4. The van der Waals surface area contributed by atoms with Crippen LogP contribution in [0.25, 0.3) is 0 Å². The fourth-order valence-corrected chi connectivity index (χ4v) is 2.54. The first-order valence-corrected chi connectivity index (χ1v) is 7.11. The molecule has 2 N–H and O–H groups in total. The van der Waals surface area contributed by atoms with Crippen LogP contribution < -0.4 is 0 Å². The monoisotopic (exact) mass is 315 g/mol. The standard InChI is InChI=1S/C17H17NO5/c1-4-23-17(22)12-8-6-5-7-11(12)15(19)13-9(2)18-10(3)14(13)16(20)21/h5-8,18H,4H2,1-3H3,(H,20,21). The van der Waals surface area contributed by atoms with E-state index in [9.17, 15) is 19.5 Å². The van der Waals surface area contributed by atoms with E-state index in [-0.39, 0.29) is 28.9 Å². The molecule has 0 aliphatic rings. The highest BCUT2D eigenvalue weighted by Gasteiger charge is 2.27. The van der Waals surface area contributed by atoms with E-state index in [4.69, 9.17) is 4.74 Å². The summed E-state index contributed by atoms with van der Waals surface area (Å²) in [6.45, 7) is 5.07. The third-order valence-electron chi connectivity index (χ3n) is 3.48. The summed E-state index contributed by atoms with van der Waals surface area (Å²) in [5, 5.41) is 9.35. The van der Waals surface area contributed by atoms with Crippen LogP contribution >= 0.6 is 0 Å². The molecular weight excluding hydrogens is 298 g/mol. The predicted molar refractivity (Wildman–Crippen MR) is 83.1 cm³/mol. The van der Waals surface area contributed by atoms with Crippen molar-refractivity contribution in [1.29, 1.82) is 0 Å². The highest BCUT2D eigenvalue weighted by atomic mass is 16.5. The van der Waals surface area contributed by atoms with Crippen molar-refractivity contribution in [3.8, 4) is 0 Å². The van der Waals surface area contributed by atoms with Crippen LogP contribution in [0, 0.1) is 13.8 Å². The van der Waals surface area contributed by atoms with Crippen molar-refractivity contribution in [2.45, 2.75) is 20.8 Å². The van der Waals surface area contributed by atoms with E-state index < -0.39 is 17.7 Å². The Hall–Kier alpha value is -2.89. The third kappa shape index (κ3) is 3.01. The van der Waals surface area contributed by atoms with Gasteiger partial charge >= 0.3 is 11.9 Å². The van der Waals surface area contributed by atoms with E-state index in [0.29, 0.717) is 11.4 Å². The minimum atomic E-state index is -1.19. The topological polar surface area (TPSA) is 96.5 Å². The lowest BCUT2D eigenvalue weighted by molar-refractivity contribution is 0.0523. The summed E-state index contributed by atoms with van der Waals surface area (Å²) < 4.78 is 4.95. The molecule has 0 spiro atoms. The summed E-state index contributed by atoms with van der Waals surface area (Å²) in [6.07, 6.45) is 0. The number of aryl methyl sites for hydroxylation is 2. The zero-order chi connectivity index (χ0) is 17.1. The van der Waals surface area contributed by atoms with Crippen LogP contribution in [0.2, 0.25) is 0 Å². The molecule has 2 rings (SSSR count). The number of hydrogen-bond acceptors (Lipinski definition) is 4. The van der Waals surface area contributed by atoms with Gasteiger partial charge in [-0.25, -0.2) is 9.59 Å². The maximum Gasteiger partial charge on any atom is 0.338 e. The van der Waals surface area contributed by atoms with Crippen LogP contribution in [0.3, 0.4) is 0 Å². The lowest BCUT2D eigenvalue weighted by atomic mass is 9.95. The van der Waals surface area contributed by atoms with Gasteiger partial charge in [0.2, 0.25) is 0 Å². The minimum absolute atomic E-state index is 0.0618. The number of carboxylic acid groups (broad SMARTS) is 1. The van der Waals surface area contributed by atoms with Crippen molar-refractivity contribution < 1.29 is 24.2 Å². The van der Waals surface area contributed by atoms with E-state index in [1.165, 1.54) is 12.1 Å². The summed E-state index contributed by atoms with van der Waals surface area (Å²) in [4.78, 5) is 39.2. The van der Waals surface area contributed by atoms with Crippen LogP contribution in [0.1, 0.15) is 54.9 Å². The number of nitrogens with one attached hydrogen (secondary N) is 1. The van der Waals surface area contributed by atoms with Gasteiger partial charge in [-0.15, -0.1) is 0 Å². The average Bonchev–Trinajstić information content (AvgIpc) is 2.81. The third-order valence-corrected chi connectivity index (χ3v) is 3.48. The number of aromatic nitrogens is 1. The molecular formula is C17H17NO5. The van der Waals surface area contributed by atoms with Crippen LogP contribution in [0.5, 0.6) is 0 Å². The number of ketones is 1. The molecule has 0 unspecified atom stereocenters. The van der Waals surface area contributed by atoms with Crippen molar-refractivity contribution in [2.24, 2.45) is 0 Å². The number of esters is 1. The lowest BCUT2D eigenvalue weighted by Gasteiger charge is -2.08. The smallest absolute Gasteiger partial charge is 0.338 e. The highest BCUT2D eigenvalue weighted by molar-refractivity contribution is 6.19. The summed E-state index contributed by atoms with van der Waals surface area (Å²) in [5.41, 5.74) is 1.07. The van der Waals surface area contributed by atoms with E-state index in [1.807, 2.05) is 0 Å².